The zero-order valence-corrected chi connectivity index (χ0v) is 16.8. The number of carbonyl (C=O) groups excluding carboxylic acids is 1. The summed E-state index contributed by atoms with van der Waals surface area (Å²) in [6.07, 6.45) is 0.738. The number of methoxy groups -OCH3 is 1. The Bertz CT molecular complexity index is 965. The third-order valence-corrected chi connectivity index (χ3v) is 6.40. The molecule has 5 rings (SSSR count). The number of nitrogens with zero attached hydrogens (tertiary/aromatic N) is 2. The number of halogens is 1. The predicted molar refractivity (Wildman–Crippen MR) is 107 cm³/mol. The van der Waals surface area contributed by atoms with E-state index in [2.05, 4.69) is 27.3 Å². The van der Waals surface area contributed by atoms with Gasteiger partial charge in [-0.05, 0) is 48.0 Å². The maximum absolute atomic E-state index is 12.0. The van der Waals surface area contributed by atoms with Crippen molar-refractivity contribution in [3.63, 3.8) is 0 Å². The van der Waals surface area contributed by atoms with Crippen molar-refractivity contribution in [2.24, 2.45) is 5.10 Å². The number of benzene rings is 2. The van der Waals surface area contributed by atoms with Crippen molar-refractivity contribution in [1.29, 1.82) is 0 Å². The van der Waals surface area contributed by atoms with Crippen molar-refractivity contribution >= 4 is 38.6 Å². The molecule has 0 saturated carbocycles. The van der Waals surface area contributed by atoms with Crippen LogP contribution in [0, 0.1) is 0 Å². The van der Waals surface area contributed by atoms with Crippen LogP contribution < -0.4 is 14.8 Å². The second kappa shape index (κ2) is 6.17. The Labute approximate surface area is 169 Å². The number of hydrazone groups is 1. The van der Waals surface area contributed by atoms with Crippen LogP contribution in [0.1, 0.15) is 23.6 Å². The SMILES string of the molecule is COc1ccc(C2=NN3[C@H](C2)c2cc(Br)ccc2O[C@@]32CSC(=O)N2)cc1. The van der Waals surface area contributed by atoms with E-state index in [1.54, 1.807) is 7.11 Å². The van der Waals surface area contributed by atoms with Crippen molar-refractivity contribution in [3.05, 3.63) is 58.1 Å². The van der Waals surface area contributed by atoms with Crippen LogP contribution in [0.15, 0.2) is 52.0 Å². The standard InChI is InChI=1S/C19H16BrN3O3S/c1-25-13-5-2-11(3-6-13)15-9-16-14-8-12(20)4-7-17(14)26-19(23(16)22-15)10-27-18(24)21-19/h2-8,16H,9-10H2,1H3,(H,21,24)/t16-,19-/m1/s1. The van der Waals surface area contributed by atoms with Gasteiger partial charge in [0.05, 0.1) is 24.6 Å². The van der Waals surface area contributed by atoms with Gasteiger partial charge in [0.2, 0.25) is 0 Å². The summed E-state index contributed by atoms with van der Waals surface area (Å²) in [5, 5.41) is 9.67. The average Bonchev–Trinajstić information content (AvgIpc) is 3.28. The Morgan fingerprint density at radius 3 is 2.85 bits per heavy atom. The number of thioether (sulfide) groups is 1. The average molecular weight is 446 g/mol. The Kier molecular flexibility index (Phi) is 3.87. The molecule has 2 atom stereocenters. The molecular formula is C19H16BrN3O3S. The first kappa shape index (κ1) is 16.9. The van der Waals surface area contributed by atoms with Crippen molar-refractivity contribution in [2.45, 2.75) is 18.3 Å². The molecule has 1 amide bonds. The molecule has 1 N–H and O–H groups in total. The van der Waals surface area contributed by atoms with E-state index in [0.29, 0.717) is 5.75 Å². The molecule has 2 aromatic rings. The van der Waals surface area contributed by atoms with Crippen LogP contribution in [0.3, 0.4) is 0 Å². The summed E-state index contributed by atoms with van der Waals surface area (Å²) in [6.45, 7) is 0. The smallest absolute Gasteiger partial charge is 0.289 e. The summed E-state index contributed by atoms with van der Waals surface area (Å²) in [6, 6.07) is 13.8. The number of rotatable bonds is 2. The molecule has 0 unspecified atom stereocenters. The Morgan fingerprint density at radius 1 is 1.33 bits per heavy atom. The second-order valence-electron chi connectivity index (χ2n) is 6.61. The minimum absolute atomic E-state index is 0.00218. The lowest BCUT2D eigenvalue weighted by Gasteiger charge is -2.44. The van der Waals surface area contributed by atoms with E-state index in [0.717, 1.165) is 39.2 Å². The van der Waals surface area contributed by atoms with Gasteiger partial charge in [0.25, 0.3) is 11.1 Å². The van der Waals surface area contributed by atoms with Gasteiger partial charge in [0, 0.05) is 16.5 Å². The number of ether oxygens (including phenoxy) is 2. The molecule has 1 fully saturated rings. The summed E-state index contributed by atoms with van der Waals surface area (Å²) in [7, 11) is 1.65. The maximum atomic E-state index is 12.0. The molecule has 3 aliphatic rings. The zero-order chi connectivity index (χ0) is 18.6. The number of fused-ring (bicyclic) bond motifs is 4. The highest BCUT2D eigenvalue weighted by atomic mass is 79.9. The van der Waals surface area contributed by atoms with Crippen molar-refractivity contribution in [2.75, 3.05) is 12.9 Å². The quantitative estimate of drug-likeness (QED) is 0.753. The molecule has 6 nitrogen and oxygen atoms in total. The zero-order valence-electron chi connectivity index (χ0n) is 14.4. The fraction of sp³-hybridized carbons (Fsp3) is 0.263. The minimum Gasteiger partial charge on any atom is -0.497 e. The van der Waals surface area contributed by atoms with E-state index in [1.165, 1.54) is 11.8 Å². The van der Waals surface area contributed by atoms with Gasteiger partial charge in [-0.2, -0.15) is 5.10 Å². The van der Waals surface area contributed by atoms with Gasteiger partial charge in [-0.25, -0.2) is 5.01 Å². The third kappa shape index (κ3) is 2.70. The predicted octanol–water partition coefficient (Wildman–Crippen LogP) is 4.11. The first-order valence-electron chi connectivity index (χ1n) is 8.53. The monoisotopic (exact) mass is 445 g/mol. The molecule has 0 aromatic heterocycles. The van der Waals surface area contributed by atoms with E-state index >= 15 is 0 Å². The van der Waals surface area contributed by atoms with Crippen LogP contribution in [0.2, 0.25) is 0 Å². The van der Waals surface area contributed by atoms with Gasteiger partial charge < -0.3 is 9.47 Å². The number of carbonyl (C=O) groups is 1. The molecule has 8 heteroatoms. The lowest BCUT2D eigenvalue weighted by molar-refractivity contribution is -0.111. The topological polar surface area (TPSA) is 63.2 Å². The summed E-state index contributed by atoms with van der Waals surface area (Å²) in [4.78, 5) is 12.0. The van der Waals surface area contributed by atoms with Gasteiger partial charge in [-0.1, -0.05) is 27.7 Å². The molecule has 1 saturated heterocycles. The molecule has 3 heterocycles. The molecule has 138 valence electrons. The van der Waals surface area contributed by atoms with E-state index in [9.17, 15) is 4.79 Å². The van der Waals surface area contributed by atoms with E-state index in [4.69, 9.17) is 14.6 Å². The molecule has 0 bridgehead atoms. The minimum atomic E-state index is -0.943. The lowest BCUT2D eigenvalue weighted by atomic mass is 9.96. The van der Waals surface area contributed by atoms with Crippen LogP contribution in [0.5, 0.6) is 11.5 Å². The fourth-order valence-corrected chi connectivity index (χ4v) is 4.92. The summed E-state index contributed by atoms with van der Waals surface area (Å²) in [5.74, 6) is 1.13. The third-order valence-electron chi connectivity index (χ3n) is 5.01. The lowest BCUT2D eigenvalue weighted by Crippen LogP contribution is -2.62. The van der Waals surface area contributed by atoms with Crippen LogP contribution in [-0.4, -0.2) is 34.7 Å². The maximum Gasteiger partial charge on any atom is 0.289 e. The van der Waals surface area contributed by atoms with Gasteiger partial charge in [-0.3, -0.25) is 10.1 Å². The van der Waals surface area contributed by atoms with Gasteiger partial charge in [0.1, 0.15) is 11.5 Å². The van der Waals surface area contributed by atoms with Crippen LogP contribution in [0.25, 0.3) is 0 Å². The van der Waals surface area contributed by atoms with Crippen LogP contribution in [-0.2, 0) is 0 Å². The van der Waals surface area contributed by atoms with Crippen molar-refractivity contribution in [1.82, 2.24) is 10.3 Å². The first-order chi connectivity index (χ1) is 13.1. The molecule has 0 radical (unpaired) electrons. The highest BCUT2D eigenvalue weighted by Crippen LogP contribution is 2.49. The molecule has 2 aromatic carbocycles. The number of hydrogen-bond acceptors (Lipinski definition) is 6. The van der Waals surface area contributed by atoms with Gasteiger partial charge in [-0.15, -0.1) is 0 Å². The molecular weight excluding hydrogens is 430 g/mol. The fourth-order valence-electron chi connectivity index (χ4n) is 3.72. The Hall–Kier alpha value is -2.19. The van der Waals surface area contributed by atoms with E-state index < -0.39 is 5.85 Å². The van der Waals surface area contributed by atoms with E-state index in [-0.39, 0.29) is 11.3 Å². The number of amides is 1. The summed E-state index contributed by atoms with van der Waals surface area (Å²) < 4.78 is 12.5. The highest BCUT2D eigenvalue weighted by molar-refractivity contribution is 9.10. The van der Waals surface area contributed by atoms with Crippen LogP contribution >= 0.6 is 27.7 Å². The van der Waals surface area contributed by atoms with Crippen molar-refractivity contribution in [3.8, 4) is 11.5 Å². The first-order valence-corrected chi connectivity index (χ1v) is 10.3. The number of nitrogens with one attached hydrogen (secondary N) is 1. The molecule has 27 heavy (non-hydrogen) atoms. The summed E-state index contributed by atoms with van der Waals surface area (Å²) in [5.41, 5.74) is 3.06. The van der Waals surface area contributed by atoms with Crippen LogP contribution in [0.4, 0.5) is 4.79 Å². The van der Waals surface area contributed by atoms with E-state index in [1.807, 2.05) is 41.4 Å². The largest absolute Gasteiger partial charge is 0.497 e. The van der Waals surface area contributed by atoms with Gasteiger partial charge in [0.15, 0.2) is 0 Å². The molecule has 1 spiro atoms. The Morgan fingerprint density at radius 2 is 2.15 bits per heavy atom. The van der Waals surface area contributed by atoms with Gasteiger partial charge >= 0.3 is 0 Å². The molecule has 0 aliphatic carbocycles. The Balaban J connectivity index is 1.58. The van der Waals surface area contributed by atoms with Crippen molar-refractivity contribution < 1.29 is 14.3 Å². The normalized spacial score (nSPS) is 25.6. The highest BCUT2D eigenvalue weighted by Gasteiger charge is 2.55. The summed E-state index contributed by atoms with van der Waals surface area (Å²) >= 11 is 4.77. The molecule has 3 aliphatic heterocycles. The second-order valence-corrected chi connectivity index (χ2v) is 8.47. The number of hydrogen-bond donors (Lipinski definition) is 1.